The number of amides is 2. The molecule has 1 aromatic heterocycles. The number of nitrogens with zero attached hydrogens (tertiary/aromatic N) is 1. The number of anilines is 3. The number of benzene rings is 2. The molecule has 1 aliphatic rings. The number of hydrogen-bond acceptors (Lipinski definition) is 6. The van der Waals surface area contributed by atoms with Crippen LogP contribution in [0.25, 0.3) is 0 Å². The first kappa shape index (κ1) is 20.2. The van der Waals surface area contributed by atoms with Crippen molar-refractivity contribution < 1.29 is 23.5 Å². The summed E-state index contributed by atoms with van der Waals surface area (Å²) in [7, 11) is 0. The molecule has 3 aromatic rings. The van der Waals surface area contributed by atoms with Gasteiger partial charge in [-0.15, -0.1) is 0 Å². The number of rotatable bonds is 6. The average molecular weight is 419 g/mol. The molecule has 0 aliphatic carbocycles. The van der Waals surface area contributed by atoms with Crippen LogP contribution in [0.4, 0.5) is 17.1 Å². The maximum absolute atomic E-state index is 13.0. The Morgan fingerprint density at radius 1 is 1.13 bits per heavy atom. The molecule has 2 heterocycles. The summed E-state index contributed by atoms with van der Waals surface area (Å²) in [5, 5.41) is 5.87. The topological polar surface area (TPSA) is 101 Å². The van der Waals surface area contributed by atoms with Gasteiger partial charge in [-0.1, -0.05) is 24.3 Å². The Bertz CT molecular complexity index is 1110. The number of fused-ring (bicyclic) bond motifs is 1. The average Bonchev–Trinajstić information content (AvgIpc) is 3.30. The van der Waals surface area contributed by atoms with Crippen LogP contribution in [0, 0.1) is 0 Å². The van der Waals surface area contributed by atoms with Gasteiger partial charge in [-0.2, -0.15) is 0 Å². The van der Waals surface area contributed by atoms with Gasteiger partial charge in [0, 0.05) is 5.69 Å². The fourth-order valence-corrected chi connectivity index (χ4v) is 3.33. The van der Waals surface area contributed by atoms with Crippen molar-refractivity contribution in [2.24, 2.45) is 0 Å². The first-order chi connectivity index (χ1) is 15.0. The third-order valence-electron chi connectivity index (χ3n) is 4.85. The highest BCUT2D eigenvalue weighted by Crippen LogP contribution is 2.29. The minimum Gasteiger partial charge on any atom is -0.467 e. The van der Waals surface area contributed by atoms with E-state index in [9.17, 15) is 14.4 Å². The lowest BCUT2D eigenvalue weighted by atomic mass is 10.1. The van der Waals surface area contributed by atoms with E-state index in [2.05, 4.69) is 10.6 Å². The lowest BCUT2D eigenvalue weighted by molar-refractivity contribution is -0.128. The van der Waals surface area contributed by atoms with Gasteiger partial charge in [-0.25, -0.2) is 4.79 Å². The van der Waals surface area contributed by atoms with Gasteiger partial charge in [0.2, 0.25) is 5.91 Å². The second kappa shape index (κ2) is 8.74. The lowest BCUT2D eigenvalue weighted by Crippen LogP contribution is -2.47. The molecule has 2 N–H and O–H groups in total. The molecule has 2 amide bonds. The van der Waals surface area contributed by atoms with Crippen molar-refractivity contribution in [3.8, 4) is 0 Å². The number of carbonyl (C=O) groups is 3. The van der Waals surface area contributed by atoms with E-state index in [1.807, 2.05) is 6.07 Å². The summed E-state index contributed by atoms with van der Waals surface area (Å²) < 4.78 is 10.7. The van der Waals surface area contributed by atoms with Crippen LogP contribution < -0.4 is 15.5 Å². The molecule has 0 radical (unpaired) electrons. The molecular weight excluding hydrogens is 398 g/mol. The zero-order chi connectivity index (χ0) is 21.8. The van der Waals surface area contributed by atoms with Crippen LogP contribution in [0.5, 0.6) is 0 Å². The number of esters is 1. The van der Waals surface area contributed by atoms with Crippen LogP contribution in [-0.4, -0.2) is 30.4 Å². The summed E-state index contributed by atoms with van der Waals surface area (Å²) >= 11 is 0. The predicted molar refractivity (Wildman–Crippen MR) is 115 cm³/mol. The number of furan rings is 1. The van der Waals surface area contributed by atoms with E-state index >= 15 is 0 Å². The zero-order valence-electron chi connectivity index (χ0n) is 16.8. The predicted octanol–water partition coefficient (Wildman–Crippen LogP) is 3.42. The molecule has 0 spiro atoms. The van der Waals surface area contributed by atoms with Crippen molar-refractivity contribution >= 4 is 34.8 Å². The maximum Gasteiger partial charge on any atom is 0.341 e. The van der Waals surface area contributed by atoms with Crippen molar-refractivity contribution in [1.29, 1.82) is 0 Å². The van der Waals surface area contributed by atoms with Crippen molar-refractivity contribution in [3.63, 3.8) is 0 Å². The van der Waals surface area contributed by atoms with Crippen molar-refractivity contribution in [2.75, 3.05) is 22.1 Å². The number of para-hydroxylation sites is 3. The van der Waals surface area contributed by atoms with Crippen LogP contribution in [0.15, 0.2) is 71.3 Å². The highest BCUT2D eigenvalue weighted by Gasteiger charge is 2.31. The molecule has 2 aromatic carbocycles. The first-order valence-corrected chi connectivity index (χ1v) is 9.79. The molecular formula is C23H21N3O5. The van der Waals surface area contributed by atoms with E-state index in [0.29, 0.717) is 34.9 Å². The number of hydrogen-bond donors (Lipinski definition) is 2. The van der Waals surface area contributed by atoms with Gasteiger partial charge in [-0.05, 0) is 43.3 Å². The molecule has 0 unspecified atom stereocenters. The van der Waals surface area contributed by atoms with Crippen LogP contribution in [0.1, 0.15) is 23.0 Å². The summed E-state index contributed by atoms with van der Waals surface area (Å²) in [6, 6.07) is 17.5. The van der Waals surface area contributed by atoms with Crippen LogP contribution in [0.2, 0.25) is 0 Å². The second-order valence-electron chi connectivity index (χ2n) is 7.02. The SMILES string of the molecule is C[C@@H](OC(=O)c1ccccc1NCc1ccco1)C(=O)N1CC(=O)Nc2ccccc21. The molecule has 0 saturated heterocycles. The Hall–Kier alpha value is -4.07. The quantitative estimate of drug-likeness (QED) is 0.594. The summed E-state index contributed by atoms with van der Waals surface area (Å²) in [6.07, 6.45) is 0.494. The molecule has 0 saturated carbocycles. The molecule has 31 heavy (non-hydrogen) atoms. The van der Waals surface area contributed by atoms with Gasteiger partial charge in [-0.3, -0.25) is 14.5 Å². The van der Waals surface area contributed by atoms with E-state index in [0.717, 1.165) is 0 Å². The molecule has 1 aliphatic heterocycles. The zero-order valence-corrected chi connectivity index (χ0v) is 16.8. The number of nitrogens with one attached hydrogen (secondary N) is 2. The fraction of sp³-hybridized carbons (Fsp3) is 0.174. The molecule has 4 rings (SSSR count). The Kier molecular flexibility index (Phi) is 5.70. The minimum atomic E-state index is -1.08. The number of carbonyl (C=O) groups excluding carboxylic acids is 3. The fourth-order valence-electron chi connectivity index (χ4n) is 3.33. The van der Waals surface area contributed by atoms with Crippen LogP contribution in [0.3, 0.4) is 0 Å². The Balaban J connectivity index is 1.47. The molecule has 8 nitrogen and oxygen atoms in total. The van der Waals surface area contributed by atoms with Crippen LogP contribution in [-0.2, 0) is 20.9 Å². The Morgan fingerprint density at radius 2 is 1.90 bits per heavy atom. The first-order valence-electron chi connectivity index (χ1n) is 9.79. The molecule has 1 atom stereocenters. The highest BCUT2D eigenvalue weighted by atomic mass is 16.5. The van der Waals surface area contributed by atoms with Gasteiger partial charge in [0.05, 0.1) is 29.7 Å². The van der Waals surface area contributed by atoms with Gasteiger partial charge >= 0.3 is 5.97 Å². The summed E-state index contributed by atoms with van der Waals surface area (Å²) in [6.45, 7) is 1.75. The van der Waals surface area contributed by atoms with Gasteiger partial charge in [0.1, 0.15) is 12.3 Å². The second-order valence-corrected chi connectivity index (χ2v) is 7.02. The summed E-state index contributed by atoms with van der Waals surface area (Å²) in [5.74, 6) is -0.707. The van der Waals surface area contributed by atoms with E-state index in [1.54, 1.807) is 60.9 Å². The maximum atomic E-state index is 13.0. The Morgan fingerprint density at radius 3 is 2.71 bits per heavy atom. The minimum absolute atomic E-state index is 0.140. The van der Waals surface area contributed by atoms with Gasteiger partial charge in [0.25, 0.3) is 5.91 Å². The van der Waals surface area contributed by atoms with Crippen molar-refractivity contribution in [2.45, 2.75) is 19.6 Å². The van der Waals surface area contributed by atoms with Gasteiger partial charge < -0.3 is 19.8 Å². The van der Waals surface area contributed by atoms with E-state index in [4.69, 9.17) is 9.15 Å². The summed E-state index contributed by atoms with van der Waals surface area (Å²) in [5.41, 5.74) is 1.96. The van der Waals surface area contributed by atoms with E-state index in [1.165, 1.54) is 11.8 Å². The van der Waals surface area contributed by atoms with Gasteiger partial charge in [0.15, 0.2) is 6.10 Å². The van der Waals surface area contributed by atoms with E-state index < -0.39 is 18.0 Å². The smallest absolute Gasteiger partial charge is 0.341 e. The third kappa shape index (κ3) is 4.42. The molecule has 0 fully saturated rings. The molecule has 158 valence electrons. The highest BCUT2D eigenvalue weighted by molar-refractivity contribution is 6.11. The number of ether oxygens (including phenoxy) is 1. The third-order valence-corrected chi connectivity index (χ3v) is 4.85. The Labute approximate surface area is 178 Å². The molecule has 8 heteroatoms. The summed E-state index contributed by atoms with van der Waals surface area (Å²) in [4.78, 5) is 39.1. The normalized spacial score (nSPS) is 13.7. The lowest BCUT2D eigenvalue weighted by Gasteiger charge is -2.30. The largest absolute Gasteiger partial charge is 0.467 e. The molecule has 0 bridgehead atoms. The van der Waals surface area contributed by atoms with Crippen molar-refractivity contribution in [3.05, 3.63) is 78.3 Å². The van der Waals surface area contributed by atoms with Crippen LogP contribution >= 0.6 is 0 Å². The van der Waals surface area contributed by atoms with Crippen molar-refractivity contribution in [1.82, 2.24) is 0 Å². The van der Waals surface area contributed by atoms with E-state index in [-0.39, 0.29) is 12.5 Å². The monoisotopic (exact) mass is 419 g/mol. The standard InChI is InChI=1S/C23H21N3O5/c1-15(22(28)26-14-21(27)25-19-10-4-5-11-20(19)26)31-23(29)17-8-2-3-9-18(17)24-13-16-7-6-12-30-16/h2-12,15,24H,13-14H2,1H3,(H,25,27)/t15-/m1/s1.